The Balaban J connectivity index is 2.29. The van der Waals surface area contributed by atoms with Crippen LogP contribution in [0.15, 0.2) is 5.16 Å². The van der Waals surface area contributed by atoms with Crippen molar-refractivity contribution in [2.45, 2.75) is 37.1 Å². The number of rotatable bonds is 9. The molecule has 2 N–H and O–H groups in total. The number of thioether (sulfide) groups is 2. The summed E-state index contributed by atoms with van der Waals surface area (Å²) < 4.78 is 4.17. The minimum atomic E-state index is -0.0713. The van der Waals surface area contributed by atoms with Gasteiger partial charge in [0.1, 0.15) is 0 Å². The number of hydrogen-bond acceptors (Lipinski definition) is 7. The van der Waals surface area contributed by atoms with E-state index in [-0.39, 0.29) is 17.8 Å². The zero-order valence-electron chi connectivity index (χ0n) is 11.1. The molecule has 0 aliphatic carbocycles. The fourth-order valence-electron chi connectivity index (χ4n) is 1.15. The standard InChI is InChI=1S/C11H19N3O2S3/c1-3-6-17-11-13-10(19-14-11)12-9(16)7-18-8(2)4-5-15/h8,15H,3-7H2,1-2H3,(H,12,13,14,16). The molecule has 0 bridgehead atoms. The van der Waals surface area contributed by atoms with Gasteiger partial charge in [-0.3, -0.25) is 10.1 Å². The van der Waals surface area contributed by atoms with Crippen molar-refractivity contribution < 1.29 is 9.90 Å². The number of aromatic nitrogens is 2. The van der Waals surface area contributed by atoms with Gasteiger partial charge in [0.25, 0.3) is 0 Å². The van der Waals surface area contributed by atoms with Crippen LogP contribution in [0.25, 0.3) is 0 Å². The van der Waals surface area contributed by atoms with E-state index < -0.39 is 0 Å². The van der Waals surface area contributed by atoms with Gasteiger partial charge < -0.3 is 5.11 Å². The van der Waals surface area contributed by atoms with E-state index >= 15 is 0 Å². The van der Waals surface area contributed by atoms with Gasteiger partial charge in [-0.05, 0) is 12.8 Å². The molecule has 1 rings (SSSR count). The lowest BCUT2D eigenvalue weighted by molar-refractivity contribution is -0.113. The first-order chi connectivity index (χ1) is 9.15. The molecule has 1 aromatic heterocycles. The van der Waals surface area contributed by atoms with E-state index in [0.29, 0.717) is 17.3 Å². The molecule has 0 aromatic carbocycles. The third-order valence-corrected chi connectivity index (χ3v) is 5.16. The number of amides is 1. The number of hydrogen-bond donors (Lipinski definition) is 2. The largest absolute Gasteiger partial charge is 0.396 e. The molecule has 1 amide bonds. The van der Waals surface area contributed by atoms with Crippen LogP contribution in [0.1, 0.15) is 26.7 Å². The average Bonchev–Trinajstić information content (AvgIpc) is 2.82. The molecule has 0 saturated carbocycles. The molecule has 8 heteroatoms. The highest BCUT2D eigenvalue weighted by Crippen LogP contribution is 2.21. The second-order valence-corrected chi connectivity index (χ2v) is 7.15. The molecule has 0 aliphatic heterocycles. The number of nitrogens with zero attached hydrogens (tertiary/aromatic N) is 2. The zero-order chi connectivity index (χ0) is 14.1. The summed E-state index contributed by atoms with van der Waals surface area (Å²) in [6, 6.07) is 0. The molecule has 0 aliphatic rings. The van der Waals surface area contributed by atoms with Crippen LogP contribution in [0.4, 0.5) is 5.13 Å². The molecule has 108 valence electrons. The van der Waals surface area contributed by atoms with Crippen LogP contribution in [0, 0.1) is 0 Å². The highest BCUT2D eigenvalue weighted by molar-refractivity contribution is 8.00. The molecule has 5 nitrogen and oxygen atoms in total. The smallest absolute Gasteiger partial charge is 0.236 e. The Kier molecular flexibility index (Phi) is 8.43. The van der Waals surface area contributed by atoms with Crippen LogP contribution in [-0.4, -0.2) is 43.7 Å². The number of aliphatic hydroxyl groups is 1. The van der Waals surface area contributed by atoms with Gasteiger partial charge >= 0.3 is 0 Å². The van der Waals surface area contributed by atoms with Crippen molar-refractivity contribution in [3.8, 4) is 0 Å². The molecule has 0 saturated heterocycles. The first-order valence-corrected chi connectivity index (χ1v) is 8.95. The summed E-state index contributed by atoms with van der Waals surface area (Å²) in [6.45, 7) is 4.26. The lowest BCUT2D eigenvalue weighted by Gasteiger charge is -2.08. The van der Waals surface area contributed by atoms with Crippen LogP contribution in [0.5, 0.6) is 0 Å². The second-order valence-electron chi connectivity index (χ2n) is 3.91. The van der Waals surface area contributed by atoms with Gasteiger partial charge in [0.2, 0.25) is 16.2 Å². The van der Waals surface area contributed by atoms with Crippen molar-refractivity contribution in [1.82, 2.24) is 9.36 Å². The van der Waals surface area contributed by atoms with Crippen LogP contribution in [0.3, 0.4) is 0 Å². The maximum absolute atomic E-state index is 11.7. The summed E-state index contributed by atoms with van der Waals surface area (Å²) in [5.41, 5.74) is 0. The molecular weight excluding hydrogens is 302 g/mol. The van der Waals surface area contributed by atoms with E-state index in [1.165, 1.54) is 23.3 Å². The van der Waals surface area contributed by atoms with Crippen LogP contribution in [-0.2, 0) is 4.79 Å². The maximum Gasteiger partial charge on any atom is 0.236 e. The Hall–Kier alpha value is -0.310. The fraction of sp³-hybridized carbons (Fsp3) is 0.727. The minimum absolute atomic E-state index is 0.0713. The van der Waals surface area contributed by atoms with E-state index in [1.54, 1.807) is 11.8 Å². The predicted molar refractivity (Wildman–Crippen MR) is 83.2 cm³/mol. The molecule has 0 spiro atoms. The topological polar surface area (TPSA) is 75.1 Å². The summed E-state index contributed by atoms with van der Waals surface area (Å²) in [6.07, 6.45) is 1.78. The zero-order valence-corrected chi connectivity index (χ0v) is 13.5. The normalized spacial score (nSPS) is 12.4. The third kappa shape index (κ3) is 7.14. The molecule has 1 heterocycles. The molecule has 0 radical (unpaired) electrons. The molecular formula is C11H19N3O2S3. The number of nitrogens with one attached hydrogen (secondary N) is 1. The summed E-state index contributed by atoms with van der Waals surface area (Å²) in [7, 11) is 0. The van der Waals surface area contributed by atoms with E-state index in [0.717, 1.165) is 17.3 Å². The first kappa shape index (κ1) is 16.7. The van der Waals surface area contributed by atoms with Crippen molar-refractivity contribution in [3.05, 3.63) is 0 Å². The SMILES string of the molecule is CCCSc1nsc(NC(=O)CSC(C)CCO)n1. The number of carbonyl (C=O) groups is 1. The molecule has 1 unspecified atom stereocenters. The van der Waals surface area contributed by atoms with Crippen molar-refractivity contribution in [2.24, 2.45) is 0 Å². The molecule has 1 aromatic rings. The number of anilines is 1. The Bertz CT molecular complexity index is 387. The molecule has 19 heavy (non-hydrogen) atoms. The van der Waals surface area contributed by atoms with Gasteiger partial charge in [-0.25, -0.2) is 0 Å². The van der Waals surface area contributed by atoms with Crippen molar-refractivity contribution in [1.29, 1.82) is 0 Å². The maximum atomic E-state index is 11.7. The summed E-state index contributed by atoms with van der Waals surface area (Å²) in [5, 5.41) is 13.1. The van der Waals surface area contributed by atoms with Crippen LogP contribution >= 0.6 is 35.1 Å². The Morgan fingerprint density at radius 3 is 3.05 bits per heavy atom. The van der Waals surface area contributed by atoms with E-state index in [9.17, 15) is 4.79 Å². The summed E-state index contributed by atoms with van der Waals surface area (Å²) in [4.78, 5) is 15.9. The van der Waals surface area contributed by atoms with Gasteiger partial charge in [0, 0.05) is 29.1 Å². The minimum Gasteiger partial charge on any atom is -0.396 e. The van der Waals surface area contributed by atoms with Crippen LogP contribution < -0.4 is 5.32 Å². The quantitative estimate of drug-likeness (QED) is 0.681. The predicted octanol–water partition coefficient (Wildman–Crippen LogP) is 2.48. The van der Waals surface area contributed by atoms with Gasteiger partial charge in [0.05, 0.1) is 5.75 Å². The van der Waals surface area contributed by atoms with Crippen molar-refractivity contribution in [3.63, 3.8) is 0 Å². The first-order valence-electron chi connectivity index (χ1n) is 6.14. The van der Waals surface area contributed by atoms with Gasteiger partial charge in [-0.1, -0.05) is 25.6 Å². The van der Waals surface area contributed by atoms with Gasteiger partial charge in [-0.15, -0.1) is 11.8 Å². The van der Waals surface area contributed by atoms with Crippen molar-refractivity contribution in [2.75, 3.05) is 23.4 Å². The van der Waals surface area contributed by atoms with E-state index in [4.69, 9.17) is 5.11 Å². The second kappa shape index (κ2) is 9.57. The average molecular weight is 321 g/mol. The van der Waals surface area contributed by atoms with Crippen molar-refractivity contribution >= 4 is 46.1 Å². The summed E-state index contributed by atoms with van der Waals surface area (Å²) in [5.74, 6) is 1.29. The monoisotopic (exact) mass is 321 g/mol. The fourth-order valence-corrected chi connectivity index (χ4v) is 3.35. The van der Waals surface area contributed by atoms with Gasteiger partial charge in [0.15, 0.2) is 0 Å². The Labute approximate surface area is 126 Å². The summed E-state index contributed by atoms with van der Waals surface area (Å²) >= 11 is 4.33. The lowest BCUT2D eigenvalue weighted by atomic mass is 10.3. The highest BCUT2D eigenvalue weighted by atomic mass is 32.2. The van der Waals surface area contributed by atoms with E-state index in [2.05, 4.69) is 21.6 Å². The Morgan fingerprint density at radius 2 is 2.37 bits per heavy atom. The highest BCUT2D eigenvalue weighted by Gasteiger charge is 2.10. The molecule has 1 atom stereocenters. The van der Waals surface area contributed by atoms with Crippen LogP contribution in [0.2, 0.25) is 0 Å². The third-order valence-electron chi connectivity index (χ3n) is 2.12. The number of aliphatic hydroxyl groups excluding tert-OH is 1. The number of carbonyl (C=O) groups excluding carboxylic acids is 1. The van der Waals surface area contributed by atoms with Gasteiger partial charge in [-0.2, -0.15) is 9.36 Å². The Morgan fingerprint density at radius 1 is 1.58 bits per heavy atom. The lowest BCUT2D eigenvalue weighted by Crippen LogP contribution is -2.16. The molecule has 0 fully saturated rings. The van der Waals surface area contributed by atoms with E-state index in [1.807, 2.05) is 6.92 Å².